The van der Waals surface area contributed by atoms with Gasteiger partial charge in [0.15, 0.2) is 0 Å². The van der Waals surface area contributed by atoms with E-state index in [0.29, 0.717) is 17.0 Å². The van der Waals surface area contributed by atoms with E-state index in [1.54, 1.807) is 5.56 Å². The van der Waals surface area contributed by atoms with E-state index in [1.807, 2.05) is 0 Å². The predicted octanol–water partition coefficient (Wildman–Crippen LogP) is 1.99. The standard InChI is InChI=1S/C15H25B2P/c1-15(2,3)13(9-4-5-9)11-7-6-10(14(16)17)8-12(11)18/h6-9,13-14H,4-5,16-18H2,1-3H3. The van der Waals surface area contributed by atoms with Crippen molar-refractivity contribution in [3.8, 4) is 0 Å². The lowest BCUT2D eigenvalue weighted by molar-refractivity contribution is 0.293. The fourth-order valence-corrected chi connectivity index (χ4v) is 3.56. The van der Waals surface area contributed by atoms with Crippen LogP contribution in [0.2, 0.25) is 0 Å². The van der Waals surface area contributed by atoms with Crippen LogP contribution in [0.1, 0.15) is 56.4 Å². The molecule has 0 bridgehead atoms. The van der Waals surface area contributed by atoms with Gasteiger partial charge in [-0.05, 0) is 41.0 Å². The molecule has 0 heterocycles. The van der Waals surface area contributed by atoms with Gasteiger partial charge in [0.05, 0.1) is 0 Å². The van der Waals surface area contributed by atoms with Crippen LogP contribution in [0.4, 0.5) is 0 Å². The summed E-state index contributed by atoms with van der Waals surface area (Å²) in [5.41, 5.74) is 3.99. The van der Waals surface area contributed by atoms with Crippen molar-refractivity contribution in [2.24, 2.45) is 11.3 Å². The zero-order valence-corrected chi connectivity index (χ0v) is 13.6. The van der Waals surface area contributed by atoms with Crippen molar-refractivity contribution in [3.63, 3.8) is 0 Å². The predicted molar refractivity (Wildman–Crippen MR) is 90.5 cm³/mol. The highest BCUT2D eigenvalue weighted by molar-refractivity contribution is 7.27. The SMILES string of the molecule is BC(B)c1ccc(C(C2CC2)C(C)(C)C)c(P)c1. The third-order valence-electron chi connectivity index (χ3n) is 4.14. The first-order valence-electron chi connectivity index (χ1n) is 7.20. The van der Waals surface area contributed by atoms with Crippen molar-refractivity contribution in [2.45, 2.75) is 45.2 Å². The first-order chi connectivity index (χ1) is 8.30. The summed E-state index contributed by atoms with van der Waals surface area (Å²) >= 11 is 0. The molecule has 2 atom stereocenters. The average molecular weight is 258 g/mol. The van der Waals surface area contributed by atoms with Crippen molar-refractivity contribution in [1.29, 1.82) is 0 Å². The highest BCUT2D eigenvalue weighted by atomic mass is 31.0. The first-order valence-corrected chi connectivity index (χ1v) is 7.77. The average Bonchev–Trinajstić information content (AvgIpc) is 3.02. The Hall–Kier alpha value is -0.220. The molecular weight excluding hydrogens is 233 g/mol. The minimum atomic E-state index is 0.367. The first kappa shape index (κ1) is 14.2. The molecule has 0 aliphatic heterocycles. The maximum atomic E-state index is 2.97. The van der Waals surface area contributed by atoms with Gasteiger partial charge in [-0.25, -0.2) is 0 Å². The second-order valence-corrected chi connectivity index (χ2v) is 7.85. The molecule has 1 aliphatic carbocycles. The van der Waals surface area contributed by atoms with Crippen LogP contribution in [0, 0.1) is 11.3 Å². The largest absolute Gasteiger partial charge is 0.105 e. The summed E-state index contributed by atoms with van der Waals surface area (Å²) in [6.07, 6.45) is 2.83. The van der Waals surface area contributed by atoms with Crippen LogP contribution in [-0.2, 0) is 0 Å². The molecule has 1 saturated carbocycles. The Morgan fingerprint density at radius 1 is 1.22 bits per heavy atom. The molecule has 2 unspecified atom stereocenters. The molecular formula is C15H25B2P. The summed E-state index contributed by atoms with van der Waals surface area (Å²) in [5, 5.41) is 1.41. The summed E-state index contributed by atoms with van der Waals surface area (Å²) < 4.78 is 0. The third kappa shape index (κ3) is 3.02. The molecule has 0 spiro atoms. The maximum absolute atomic E-state index is 2.97. The minimum absolute atomic E-state index is 0.367. The monoisotopic (exact) mass is 258 g/mol. The fourth-order valence-electron chi connectivity index (χ4n) is 3.09. The van der Waals surface area contributed by atoms with Crippen LogP contribution in [0.3, 0.4) is 0 Å². The van der Waals surface area contributed by atoms with Gasteiger partial charge in [0, 0.05) is 0 Å². The Kier molecular flexibility index (Phi) is 3.98. The van der Waals surface area contributed by atoms with E-state index < -0.39 is 0 Å². The molecule has 1 fully saturated rings. The van der Waals surface area contributed by atoms with Gasteiger partial charge >= 0.3 is 0 Å². The highest BCUT2D eigenvalue weighted by Gasteiger charge is 2.40. The van der Waals surface area contributed by atoms with Crippen LogP contribution in [-0.4, -0.2) is 15.7 Å². The number of hydrogen-bond donors (Lipinski definition) is 0. The van der Waals surface area contributed by atoms with E-state index >= 15 is 0 Å². The summed E-state index contributed by atoms with van der Waals surface area (Å²) in [5.74, 6) is 1.63. The highest BCUT2D eigenvalue weighted by Crippen LogP contribution is 2.51. The van der Waals surface area contributed by atoms with E-state index in [-0.39, 0.29) is 0 Å². The summed E-state index contributed by atoms with van der Waals surface area (Å²) in [4.78, 5) is 0. The van der Waals surface area contributed by atoms with Crippen LogP contribution in [0.15, 0.2) is 18.2 Å². The molecule has 0 N–H and O–H groups in total. The Bertz CT molecular complexity index is 431. The van der Waals surface area contributed by atoms with Crippen LogP contribution in [0.25, 0.3) is 0 Å². The van der Waals surface area contributed by atoms with Gasteiger partial charge < -0.3 is 0 Å². The van der Waals surface area contributed by atoms with Gasteiger partial charge in [-0.1, -0.05) is 50.3 Å². The number of rotatable bonds is 3. The van der Waals surface area contributed by atoms with Gasteiger partial charge in [0.2, 0.25) is 0 Å². The zero-order valence-electron chi connectivity index (χ0n) is 12.5. The van der Waals surface area contributed by atoms with Crippen molar-refractivity contribution in [3.05, 3.63) is 29.3 Å². The van der Waals surface area contributed by atoms with Crippen molar-refractivity contribution in [1.82, 2.24) is 0 Å². The third-order valence-corrected chi connectivity index (χ3v) is 4.64. The lowest BCUT2D eigenvalue weighted by Gasteiger charge is -2.33. The zero-order chi connectivity index (χ0) is 13.5. The van der Waals surface area contributed by atoms with Gasteiger partial charge in [-0.3, -0.25) is 0 Å². The van der Waals surface area contributed by atoms with E-state index in [4.69, 9.17) is 0 Å². The van der Waals surface area contributed by atoms with E-state index in [9.17, 15) is 0 Å². The van der Waals surface area contributed by atoms with E-state index in [0.717, 1.165) is 5.92 Å². The smallest absolute Gasteiger partial charge is 0.101 e. The molecule has 1 aromatic carbocycles. The summed E-state index contributed by atoms with van der Waals surface area (Å²) in [6, 6.07) is 7.08. The van der Waals surface area contributed by atoms with Gasteiger partial charge in [-0.15, -0.1) is 9.24 Å². The quantitative estimate of drug-likeness (QED) is 0.574. The van der Waals surface area contributed by atoms with Gasteiger partial charge in [0.25, 0.3) is 0 Å². The maximum Gasteiger partial charge on any atom is 0.101 e. The fraction of sp³-hybridized carbons (Fsp3) is 0.600. The molecule has 0 saturated heterocycles. The number of hydrogen-bond acceptors (Lipinski definition) is 0. The van der Waals surface area contributed by atoms with Crippen LogP contribution >= 0.6 is 9.24 Å². The summed E-state index contributed by atoms with van der Waals surface area (Å²) in [6.45, 7) is 7.16. The van der Waals surface area contributed by atoms with Gasteiger partial charge in [-0.2, -0.15) is 0 Å². The topological polar surface area (TPSA) is 0 Å². The Morgan fingerprint density at radius 2 is 1.83 bits per heavy atom. The second kappa shape index (κ2) is 5.04. The lowest BCUT2D eigenvalue weighted by Crippen LogP contribution is -2.24. The van der Waals surface area contributed by atoms with Gasteiger partial charge in [0.1, 0.15) is 15.7 Å². The molecule has 1 aliphatic rings. The Morgan fingerprint density at radius 3 is 2.22 bits per heavy atom. The summed E-state index contributed by atoms with van der Waals surface area (Å²) in [7, 11) is 7.50. The molecule has 18 heavy (non-hydrogen) atoms. The number of benzene rings is 1. The molecule has 3 heteroatoms. The van der Waals surface area contributed by atoms with Crippen molar-refractivity contribution < 1.29 is 0 Å². The van der Waals surface area contributed by atoms with Crippen molar-refractivity contribution >= 4 is 30.2 Å². The Balaban J connectivity index is 2.37. The molecule has 2 rings (SSSR count). The normalized spacial score (nSPS) is 18.1. The van der Waals surface area contributed by atoms with Crippen molar-refractivity contribution in [2.75, 3.05) is 0 Å². The second-order valence-electron chi connectivity index (χ2n) is 7.22. The van der Waals surface area contributed by atoms with Crippen LogP contribution < -0.4 is 5.30 Å². The van der Waals surface area contributed by atoms with E-state index in [1.165, 1.54) is 23.7 Å². The minimum Gasteiger partial charge on any atom is -0.105 e. The Labute approximate surface area is 116 Å². The van der Waals surface area contributed by atoms with Crippen LogP contribution in [0.5, 0.6) is 0 Å². The molecule has 0 nitrogen and oxygen atoms in total. The molecule has 0 aromatic heterocycles. The molecule has 0 radical (unpaired) electrons. The van der Waals surface area contributed by atoms with E-state index in [2.05, 4.69) is 63.9 Å². The lowest BCUT2D eigenvalue weighted by atomic mass is 9.66. The molecule has 96 valence electrons. The molecule has 1 aromatic rings. The molecule has 0 amide bonds.